The minimum atomic E-state index is -0.479. The number of carbonyl (C=O) groups is 1. The summed E-state index contributed by atoms with van der Waals surface area (Å²) in [4.78, 5) is 15.4. The van der Waals surface area contributed by atoms with Crippen LogP contribution in [-0.2, 0) is 6.61 Å². The van der Waals surface area contributed by atoms with Crippen molar-refractivity contribution in [3.63, 3.8) is 0 Å². The number of pyridine rings is 1. The monoisotopic (exact) mass is 261 g/mol. The number of hydrazine groups is 1. The highest BCUT2D eigenvalue weighted by Gasteiger charge is 2.06. The number of hydrogen-bond donors (Lipinski definition) is 2. The number of nitrogens with two attached hydrogens (primary N) is 1. The van der Waals surface area contributed by atoms with Gasteiger partial charge in [0, 0.05) is 6.07 Å². The van der Waals surface area contributed by atoms with Crippen LogP contribution in [0.15, 0.2) is 42.5 Å². The van der Waals surface area contributed by atoms with E-state index >= 15 is 0 Å². The van der Waals surface area contributed by atoms with Gasteiger partial charge in [0.2, 0.25) is 0 Å². The van der Waals surface area contributed by atoms with E-state index in [4.69, 9.17) is 10.6 Å². The van der Waals surface area contributed by atoms with Crippen LogP contribution in [0.3, 0.4) is 0 Å². The molecule has 0 aliphatic rings. The summed E-state index contributed by atoms with van der Waals surface area (Å²) in [5, 5.41) is 0. The first kappa shape index (κ1) is 13.0. The van der Waals surface area contributed by atoms with E-state index in [1.54, 1.807) is 24.3 Å². The third kappa shape index (κ3) is 3.49. The molecule has 5 nitrogen and oxygen atoms in total. The molecule has 2 rings (SSSR count). The standard InChI is InChI=1S/C13H12FN3O2/c14-9-3-1-5-11(7-9)19-8-10-4-2-6-12(16-10)13(18)17-15/h1-7H,8,15H2,(H,17,18). The van der Waals surface area contributed by atoms with Gasteiger partial charge in [-0.2, -0.15) is 0 Å². The number of halogens is 1. The number of nitrogens with zero attached hydrogens (tertiary/aromatic N) is 1. The second kappa shape index (κ2) is 5.92. The third-order valence-electron chi connectivity index (χ3n) is 2.35. The van der Waals surface area contributed by atoms with Crippen molar-refractivity contribution in [3.05, 3.63) is 59.7 Å². The molecule has 0 unspecified atom stereocenters. The van der Waals surface area contributed by atoms with Crippen LogP contribution in [0.25, 0.3) is 0 Å². The van der Waals surface area contributed by atoms with E-state index in [1.807, 2.05) is 5.43 Å². The first-order valence-electron chi connectivity index (χ1n) is 5.54. The number of nitrogens with one attached hydrogen (secondary N) is 1. The van der Waals surface area contributed by atoms with Gasteiger partial charge in [0.05, 0.1) is 5.69 Å². The van der Waals surface area contributed by atoms with Crippen molar-refractivity contribution in [2.75, 3.05) is 0 Å². The SMILES string of the molecule is NNC(=O)c1cccc(COc2cccc(F)c2)n1. The Morgan fingerprint density at radius 3 is 2.84 bits per heavy atom. The van der Waals surface area contributed by atoms with Gasteiger partial charge in [0.15, 0.2) is 0 Å². The molecule has 0 saturated heterocycles. The average molecular weight is 261 g/mol. The molecule has 0 fully saturated rings. The van der Waals surface area contributed by atoms with Gasteiger partial charge in [-0.05, 0) is 24.3 Å². The second-order valence-corrected chi connectivity index (χ2v) is 3.73. The van der Waals surface area contributed by atoms with E-state index < -0.39 is 5.91 Å². The third-order valence-corrected chi connectivity index (χ3v) is 2.35. The summed E-state index contributed by atoms with van der Waals surface area (Å²) >= 11 is 0. The number of benzene rings is 1. The van der Waals surface area contributed by atoms with Crippen LogP contribution in [0.5, 0.6) is 5.75 Å². The highest BCUT2D eigenvalue weighted by Crippen LogP contribution is 2.13. The summed E-state index contributed by atoms with van der Waals surface area (Å²) in [6, 6.07) is 10.7. The molecule has 3 N–H and O–H groups in total. The number of amides is 1. The number of ether oxygens (including phenoxy) is 1. The van der Waals surface area contributed by atoms with Gasteiger partial charge in [-0.25, -0.2) is 15.2 Å². The number of carbonyl (C=O) groups excluding carboxylic acids is 1. The minimum Gasteiger partial charge on any atom is -0.487 e. The van der Waals surface area contributed by atoms with E-state index in [0.29, 0.717) is 11.4 Å². The Balaban J connectivity index is 2.05. The number of hydrogen-bond acceptors (Lipinski definition) is 4. The molecule has 0 atom stereocenters. The van der Waals surface area contributed by atoms with Crippen molar-refractivity contribution in [1.82, 2.24) is 10.4 Å². The van der Waals surface area contributed by atoms with Gasteiger partial charge >= 0.3 is 0 Å². The summed E-state index contributed by atoms with van der Waals surface area (Å²) in [6.07, 6.45) is 0. The van der Waals surface area contributed by atoms with Gasteiger partial charge in [-0.3, -0.25) is 10.2 Å². The van der Waals surface area contributed by atoms with E-state index in [-0.39, 0.29) is 18.1 Å². The summed E-state index contributed by atoms with van der Waals surface area (Å²) in [6.45, 7) is 0.134. The average Bonchev–Trinajstić information content (AvgIpc) is 2.45. The largest absolute Gasteiger partial charge is 0.487 e. The Bertz CT molecular complexity index is 590. The highest BCUT2D eigenvalue weighted by molar-refractivity contribution is 5.91. The smallest absolute Gasteiger partial charge is 0.283 e. The summed E-state index contributed by atoms with van der Waals surface area (Å²) in [7, 11) is 0. The quantitative estimate of drug-likeness (QED) is 0.495. The lowest BCUT2D eigenvalue weighted by molar-refractivity contribution is 0.0948. The van der Waals surface area contributed by atoms with E-state index in [0.717, 1.165) is 0 Å². The van der Waals surface area contributed by atoms with Crippen molar-refractivity contribution >= 4 is 5.91 Å². The first-order chi connectivity index (χ1) is 9.19. The fraction of sp³-hybridized carbons (Fsp3) is 0.0769. The molecule has 0 aliphatic carbocycles. The first-order valence-corrected chi connectivity index (χ1v) is 5.54. The molecule has 6 heteroatoms. The summed E-state index contributed by atoms with van der Waals surface area (Å²) in [5.41, 5.74) is 2.74. The van der Waals surface area contributed by atoms with Crippen LogP contribution >= 0.6 is 0 Å². The zero-order chi connectivity index (χ0) is 13.7. The molecule has 1 aromatic carbocycles. The van der Waals surface area contributed by atoms with Crippen molar-refractivity contribution in [2.45, 2.75) is 6.61 Å². The van der Waals surface area contributed by atoms with Gasteiger partial charge in [-0.1, -0.05) is 12.1 Å². The van der Waals surface area contributed by atoms with Crippen LogP contribution < -0.4 is 16.0 Å². The lowest BCUT2D eigenvalue weighted by Gasteiger charge is -2.06. The molecule has 0 saturated carbocycles. The summed E-state index contributed by atoms with van der Waals surface area (Å²) in [5.74, 6) is 4.57. The maximum Gasteiger partial charge on any atom is 0.283 e. The highest BCUT2D eigenvalue weighted by atomic mass is 19.1. The van der Waals surface area contributed by atoms with Crippen molar-refractivity contribution in [3.8, 4) is 5.75 Å². The second-order valence-electron chi connectivity index (χ2n) is 3.73. The molecule has 0 bridgehead atoms. The maximum atomic E-state index is 12.9. The normalized spacial score (nSPS) is 10.0. The number of aromatic nitrogens is 1. The van der Waals surface area contributed by atoms with E-state index in [9.17, 15) is 9.18 Å². The van der Waals surface area contributed by atoms with Crippen molar-refractivity contribution in [2.24, 2.45) is 5.84 Å². The Morgan fingerprint density at radius 2 is 2.11 bits per heavy atom. The lowest BCUT2D eigenvalue weighted by Crippen LogP contribution is -2.30. The molecule has 0 spiro atoms. The molecule has 98 valence electrons. The topological polar surface area (TPSA) is 77.2 Å². The van der Waals surface area contributed by atoms with Crippen molar-refractivity contribution in [1.29, 1.82) is 0 Å². The van der Waals surface area contributed by atoms with Gasteiger partial charge in [-0.15, -0.1) is 0 Å². The zero-order valence-corrected chi connectivity index (χ0v) is 9.97. The molecule has 1 amide bonds. The van der Waals surface area contributed by atoms with E-state index in [1.165, 1.54) is 18.2 Å². The number of nitrogen functional groups attached to an aromatic ring is 1. The molecule has 1 heterocycles. The predicted octanol–water partition coefficient (Wildman–Crippen LogP) is 1.40. The van der Waals surface area contributed by atoms with Gasteiger partial charge in [0.25, 0.3) is 5.91 Å². The lowest BCUT2D eigenvalue weighted by atomic mass is 10.3. The number of rotatable bonds is 4. The van der Waals surface area contributed by atoms with Crippen LogP contribution in [0.1, 0.15) is 16.2 Å². The fourth-order valence-corrected chi connectivity index (χ4v) is 1.47. The molecule has 19 heavy (non-hydrogen) atoms. The van der Waals surface area contributed by atoms with Gasteiger partial charge < -0.3 is 4.74 Å². The minimum absolute atomic E-state index is 0.134. The molecular weight excluding hydrogens is 249 g/mol. The van der Waals surface area contributed by atoms with Gasteiger partial charge in [0.1, 0.15) is 23.9 Å². The maximum absolute atomic E-state index is 12.9. The molecule has 0 radical (unpaired) electrons. The zero-order valence-electron chi connectivity index (χ0n) is 9.97. The van der Waals surface area contributed by atoms with Crippen LogP contribution in [0.4, 0.5) is 4.39 Å². The summed E-state index contributed by atoms with van der Waals surface area (Å²) < 4.78 is 18.3. The molecular formula is C13H12FN3O2. The van der Waals surface area contributed by atoms with Crippen LogP contribution in [0.2, 0.25) is 0 Å². The molecule has 2 aromatic rings. The molecule has 0 aliphatic heterocycles. The van der Waals surface area contributed by atoms with Crippen LogP contribution in [-0.4, -0.2) is 10.9 Å². The van der Waals surface area contributed by atoms with E-state index in [2.05, 4.69) is 4.98 Å². The predicted molar refractivity (Wildman–Crippen MR) is 66.6 cm³/mol. The fourth-order valence-electron chi connectivity index (χ4n) is 1.47. The van der Waals surface area contributed by atoms with Crippen molar-refractivity contribution < 1.29 is 13.9 Å². The Hall–Kier alpha value is -2.47. The Morgan fingerprint density at radius 1 is 1.32 bits per heavy atom. The Labute approximate surface area is 109 Å². The molecule has 1 aromatic heterocycles. The van der Waals surface area contributed by atoms with Crippen LogP contribution in [0, 0.1) is 5.82 Å². The Kier molecular flexibility index (Phi) is 4.04.